The van der Waals surface area contributed by atoms with Crippen molar-refractivity contribution >= 4 is 23.5 Å². The number of thiocarbonyl (C=S) groups is 1. The zero-order valence-electron chi connectivity index (χ0n) is 12.2. The fourth-order valence-corrected chi connectivity index (χ4v) is 2.14. The van der Waals surface area contributed by atoms with Gasteiger partial charge in [0.15, 0.2) is 5.11 Å². The normalized spacial score (nSPS) is 10.8. The van der Waals surface area contributed by atoms with Gasteiger partial charge in [-0.15, -0.1) is 0 Å². The van der Waals surface area contributed by atoms with Crippen LogP contribution in [0.25, 0.3) is 11.1 Å². The van der Waals surface area contributed by atoms with Crippen molar-refractivity contribution in [3.05, 3.63) is 60.2 Å². The second-order valence-corrected chi connectivity index (χ2v) is 5.39. The van der Waals surface area contributed by atoms with Crippen molar-refractivity contribution in [3.8, 4) is 11.1 Å². The van der Waals surface area contributed by atoms with Gasteiger partial charge in [0, 0.05) is 6.04 Å². The maximum Gasteiger partial charge on any atom is 0.187 e. The minimum Gasteiger partial charge on any atom is -0.359 e. The van der Waals surface area contributed by atoms with E-state index in [1.54, 1.807) is 6.21 Å². The van der Waals surface area contributed by atoms with Gasteiger partial charge >= 0.3 is 0 Å². The molecule has 2 aromatic carbocycles. The number of hydrazone groups is 1. The second kappa shape index (κ2) is 7.55. The molecule has 0 aliphatic carbocycles. The monoisotopic (exact) mass is 297 g/mol. The molecule has 0 heterocycles. The highest BCUT2D eigenvalue weighted by Gasteiger charge is 1.97. The number of benzene rings is 2. The van der Waals surface area contributed by atoms with Crippen LogP contribution in [0.4, 0.5) is 0 Å². The van der Waals surface area contributed by atoms with Crippen LogP contribution in [-0.4, -0.2) is 17.4 Å². The molecule has 0 aromatic heterocycles. The van der Waals surface area contributed by atoms with Gasteiger partial charge in [-0.2, -0.15) is 5.10 Å². The van der Waals surface area contributed by atoms with Crippen molar-refractivity contribution in [2.45, 2.75) is 19.9 Å². The first kappa shape index (κ1) is 15.2. The highest BCUT2D eigenvalue weighted by atomic mass is 32.1. The van der Waals surface area contributed by atoms with Gasteiger partial charge in [0.05, 0.1) is 6.21 Å². The summed E-state index contributed by atoms with van der Waals surface area (Å²) in [5.41, 5.74) is 6.22. The average Bonchev–Trinajstić information content (AvgIpc) is 2.48. The van der Waals surface area contributed by atoms with E-state index in [0.29, 0.717) is 11.2 Å². The Kier molecular flexibility index (Phi) is 5.46. The van der Waals surface area contributed by atoms with E-state index in [9.17, 15) is 0 Å². The maximum atomic E-state index is 5.09. The van der Waals surface area contributed by atoms with Crippen molar-refractivity contribution in [2.24, 2.45) is 5.10 Å². The molecule has 2 N–H and O–H groups in total. The smallest absolute Gasteiger partial charge is 0.187 e. The standard InChI is InChI=1S/C17H19N3S/c1-13(2)19-17(21)20-18-12-14-8-10-16(11-9-14)15-6-4-3-5-7-15/h3-13H,1-2H3,(H2,19,20,21)/b18-12-. The Hall–Kier alpha value is -2.20. The number of rotatable bonds is 4. The van der Waals surface area contributed by atoms with E-state index in [0.717, 1.165) is 5.56 Å². The van der Waals surface area contributed by atoms with Crippen molar-refractivity contribution in [2.75, 3.05) is 0 Å². The Morgan fingerprint density at radius 1 is 1.00 bits per heavy atom. The highest BCUT2D eigenvalue weighted by Crippen LogP contribution is 2.18. The molecule has 4 heteroatoms. The third-order valence-electron chi connectivity index (χ3n) is 2.82. The largest absolute Gasteiger partial charge is 0.359 e. The second-order valence-electron chi connectivity index (χ2n) is 4.99. The van der Waals surface area contributed by atoms with Gasteiger partial charge < -0.3 is 5.32 Å². The van der Waals surface area contributed by atoms with Gasteiger partial charge in [-0.1, -0.05) is 54.6 Å². The van der Waals surface area contributed by atoms with Gasteiger partial charge in [0.1, 0.15) is 0 Å². The number of nitrogens with zero attached hydrogens (tertiary/aromatic N) is 1. The Balaban J connectivity index is 1.95. The van der Waals surface area contributed by atoms with Gasteiger partial charge in [-0.25, -0.2) is 0 Å². The molecule has 108 valence electrons. The summed E-state index contributed by atoms with van der Waals surface area (Å²) in [6.45, 7) is 4.06. The molecular formula is C17H19N3S. The van der Waals surface area contributed by atoms with Gasteiger partial charge in [0.2, 0.25) is 0 Å². The number of nitrogens with one attached hydrogen (secondary N) is 2. The van der Waals surface area contributed by atoms with Gasteiger partial charge in [0.25, 0.3) is 0 Å². The molecule has 0 aliphatic rings. The quantitative estimate of drug-likeness (QED) is 0.515. The van der Waals surface area contributed by atoms with Crippen LogP contribution in [-0.2, 0) is 0 Å². The molecule has 0 saturated heterocycles. The van der Waals surface area contributed by atoms with Crippen LogP contribution in [0, 0.1) is 0 Å². The molecule has 2 aromatic rings. The summed E-state index contributed by atoms with van der Waals surface area (Å²) in [7, 11) is 0. The molecule has 0 fully saturated rings. The lowest BCUT2D eigenvalue weighted by molar-refractivity contribution is 0.720. The summed E-state index contributed by atoms with van der Waals surface area (Å²) in [4.78, 5) is 0. The first-order valence-electron chi connectivity index (χ1n) is 6.90. The van der Waals surface area contributed by atoms with E-state index in [1.165, 1.54) is 11.1 Å². The van der Waals surface area contributed by atoms with E-state index in [2.05, 4.69) is 40.1 Å². The molecule has 0 unspecified atom stereocenters. The van der Waals surface area contributed by atoms with Gasteiger partial charge in [-0.3, -0.25) is 5.43 Å². The van der Waals surface area contributed by atoms with Crippen LogP contribution >= 0.6 is 12.2 Å². The summed E-state index contributed by atoms with van der Waals surface area (Å²) in [6, 6.07) is 18.8. The molecule has 0 aliphatic heterocycles. The SMILES string of the molecule is CC(C)NC(=S)N/N=C\c1ccc(-c2ccccc2)cc1. The van der Waals surface area contributed by atoms with E-state index in [4.69, 9.17) is 12.2 Å². The van der Waals surface area contributed by atoms with Crippen molar-refractivity contribution in [3.63, 3.8) is 0 Å². The molecule has 0 atom stereocenters. The zero-order chi connectivity index (χ0) is 15.1. The molecule has 0 saturated carbocycles. The van der Waals surface area contributed by atoms with E-state index in [1.807, 2.05) is 44.2 Å². The molecule has 0 radical (unpaired) electrons. The summed E-state index contributed by atoms with van der Waals surface area (Å²) >= 11 is 5.09. The minimum absolute atomic E-state index is 0.297. The van der Waals surface area contributed by atoms with E-state index >= 15 is 0 Å². The summed E-state index contributed by atoms with van der Waals surface area (Å²) in [5, 5.41) is 7.71. The Morgan fingerprint density at radius 3 is 2.24 bits per heavy atom. The fraction of sp³-hybridized carbons (Fsp3) is 0.176. The zero-order valence-corrected chi connectivity index (χ0v) is 13.0. The molecule has 0 amide bonds. The minimum atomic E-state index is 0.297. The third kappa shape index (κ3) is 5.00. The van der Waals surface area contributed by atoms with Crippen LogP contribution in [0.5, 0.6) is 0 Å². The summed E-state index contributed by atoms with van der Waals surface area (Å²) < 4.78 is 0. The molecule has 21 heavy (non-hydrogen) atoms. The number of hydrogen-bond acceptors (Lipinski definition) is 2. The Bertz CT molecular complexity index is 604. The molecule has 2 rings (SSSR count). The lowest BCUT2D eigenvalue weighted by Crippen LogP contribution is -2.36. The van der Waals surface area contributed by atoms with Crippen LogP contribution in [0.3, 0.4) is 0 Å². The molecule has 3 nitrogen and oxygen atoms in total. The van der Waals surface area contributed by atoms with Crippen LogP contribution in [0.15, 0.2) is 59.7 Å². The average molecular weight is 297 g/mol. The fourth-order valence-electron chi connectivity index (χ4n) is 1.85. The first-order chi connectivity index (χ1) is 10.1. The molecule has 0 bridgehead atoms. The molecule has 0 spiro atoms. The van der Waals surface area contributed by atoms with Crippen LogP contribution < -0.4 is 10.7 Å². The predicted octanol–water partition coefficient (Wildman–Crippen LogP) is 3.56. The van der Waals surface area contributed by atoms with E-state index in [-0.39, 0.29) is 0 Å². The topological polar surface area (TPSA) is 36.4 Å². The molecular weight excluding hydrogens is 278 g/mol. The highest BCUT2D eigenvalue weighted by molar-refractivity contribution is 7.80. The van der Waals surface area contributed by atoms with Crippen molar-refractivity contribution in [1.29, 1.82) is 0 Å². The van der Waals surface area contributed by atoms with Crippen molar-refractivity contribution < 1.29 is 0 Å². The first-order valence-corrected chi connectivity index (χ1v) is 7.31. The van der Waals surface area contributed by atoms with E-state index < -0.39 is 0 Å². The van der Waals surface area contributed by atoms with Crippen LogP contribution in [0.1, 0.15) is 19.4 Å². The maximum absolute atomic E-state index is 5.09. The summed E-state index contributed by atoms with van der Waals surface area (Å²) in [5.74, 6) is 0. The Morgan fingerprint density at radius 2 is 1.62 bits per heavy atom. The lowest BCUT2D eigenvalue weighted by atomic mass is 10.0. The predicted molar refractivity (Wildman–Crippen MR) is 93.5 cm³/mol. The van der Waals surface area contributed by atoms with Gasteiger partial charge in [-0.05, 0) is 42.8 Å². The van der Waals surface area contributed by atoms with Crippen LogP contribution in [0.2, 0.25) is 0 Å². The summed E-state index contributed by atoms with van der Waals surface area (Å²) in [6.07, 6.45) is 1.75. The Labute approximate surface area is 131 Å². The number of hydrogen-bond donors (Lipinski definition) is 2. The van der Waals surface area contributed by atoms with Crippen molar-refractivity contribution in [1.82, 2.24) is 10.7 Å². The third-order valence-corrected chi connectivity index (χ3v) is 3.03. The lowest BCUT2D eigenvalue weighted by Gasteiger charge is -2.09.